The third-order valence-electron chi connectivity index (χ3n) is 14.3. The third kappa shape index (κ3) is 5.22. The first kappa shape index (κ1) is 30.2. The van der Waals surface area contributed by atoms with Crippen LogP contribution in [0.1, 0.15) is 97.8 Å². The van der Waals surface area contributed by atoms with Crippen molar-refractivity contribution >= 4 is 23.4 Å². The Morgan fingerprint density at radius 1 is 0.822 bits per heavy atom. The number of aromatic nitrogens is 2. The molecule has 6 fully saturated rings. The molecule has 0 bridgehead atoms. The molecule has 1 aromatic rings. The van der Waals surface area contributed by atoms with E-state index < -0.39 is 0 Å². The van der Waals surface area contributed by atoms with Gasteiger partial charge in [0.2, 0.25) is 5.95 Å². The van der Waals surface area contributed by atoms with Crippen LogP contribution in [-0.2, 0) is 4.79 Å². The van der Waals surface area contributed by atoms with Crippen molar-refractivity contribution in [2.24, 2.45) is 40.4 Å². The summed E-state index contributed by atoms with van der Waals surface area (Å²) >= 11 is 0. The molecule has 45 heavy (non-hydrogen) atoms. The van der Waals surface area contributed by atoms with Crippen LogP contribution in [0.5, 0.6) is 0 Å². The van der Waals surface area contributed by atoms with Crippen LogP contribution in [0.2, 0.25) is 0 Å². The van der Waals surface area contributed by atoms with Gasteiger partial charge in [-0.2, -0.15) is 9.97 Å². The fourth-order valence-corrected chi connectivity index (χ4v) is 11.9. The summed E-state index contributed by atoms with van der Waals surface area (Å²) in [6.45, 7) is 16.3. The molecular weight excluding hydrogens is 556 g/mol. The number of hydrogen-bond donors (Lipinski definition) is 0. The number of rotatable bonds is 6. The number of hydrogen-bond acceptors (Lipinski definition) is 7. The van der Waals surface area contributed by atoms with E-state index in [0.717, 1.165) is 81.8 Å². The molecule has 7 nitrogen and oxygen atoms in total. The lowest BCUT2D eigenvalue weighted by Crippen LogP contribution is -2.52. The van der Waals surface area contributed by atoms with E-state index >= 15 is 0 Å². The monoisotopic (exact) mass is 614 g/mol. The second-order valence-corrected chi connectivity index (χ2v) is 16.7. The van der Waals surface area contributed by atoms with Crippen molar-refractivity contribution in [2.45, 2.75) is 97.8 Å². The number of carbonyl (C=O) groups excluding carboxylic acids is 1. The van der Waals surface area contributed by atoms with Crippen LogP contribution in [0.15, 0.2) is 17.7 Å². The maximum atomic E-state index is 14.3. The van der Waals surface area contributed by atoms with Crippen molar-refractivity contribution in [3.63, 3.8) is 0 Å². The molecular formula is C38H58N6O. The van der Waals surface area contributed by atoms with E-state index in [-0.39, 0.29) is 11.3 Å². The minimum Gasteiger partial charge on any atom is -0.356 e. The maximum Gasteiger partial charge on any atom is 0.229 e. The Bertz CT molecular complexity index is 1260. The zero-order chi connectivity index (χ0) is 30.8. The predicted molar refractivity (Wildman–Crippen MR) is 183 cm³/mol. The zero-order valence-corrected chi connectivity index (χ0v) is 28.5. The first-order chi connectivity index (χ1) is 21.8. The van der Waals surface area contributed by atoms with Crippen LogP contribution in [0, 0.1) is 40.4 Å². The van der Waals surface area contributed by atoms with Crippen LogP contribution >= 0.6 is 0 Å². The van der Waals surface area contributed by atoms with Crippen molar-refractivity contribution < 1.29 is 4.79 Å². The average molecular weight is 615 g/mol. The van der Waals surface area contributed by atoms with E-state index in [9.17, 15) is 4.79 Å². The third-order valence-corrected chi connectivity index (χ3v) is 14.3. The largest absolute Gasteiger partial charge is 0.356 e. The van der Waals surface area contributed by atoms with Gasteiger partial charge in [0.05, 0.1) is 6.54 Å². The van der Waals surface area contributed by atoms with Crippen LogP contribution in [0.3, 0.4) is 0 Å². The highest BCUT2D eigenvalue weighted by Gasteiger charge is 2.61. The highest BCUT2D eigenvalue weighted by atomic mass is 16.1. The van der Waals surface area contributed by atoms with Gasteiger partial charge in [0.15, 0.2) is 5.78 Å². The van der Waals surface area contributed by atoms with E-state index in [1.807, 2.05) is 0 Å². The van der Waals surface area contributed by atoms with Crippen molar-refractivity contribution in [1.29, 1.82) is 0 Å². The minimum atomic E-state index is 0.175. The van der Waals surface area contributed by atoms with Gasteiger partial charge in [-0.05, 0) is 105 Å². The first-order valence-corrected chi connectivity index (χ1v) is 18.9. The number of anilines is 3. The number of carbonyl (C=O) groups is 1. The summed E-state index contributed by atoms with van der Waals surface area (Å²) in [4.78, 5) is 34.2. The summed E-state index contributed by atoms with van der Waals surface area (Å²) in [5.41, 5.74) is 2.40. The zero-order valence-electron chi connectivity index (χ0n) is 28.5. The van der Waals surface area contributed by atoms with Crippen LogP contribution in [-0.4, -0.2) is 79.6 Å². The molecule has 0 aromatic carbocycles. The SMILES string of the molecule is CC1C[C@H]2[C@@H]3CC=C4CCCC[C@]4(C)[C@H]3CC[C@]2(C)[C@H]1C(=O)CN1CCN(c2cc(N3CCCC3)nc(N3CCCC3)n2)CC1. The van der Waals surface area contributed by atoms with Gasteiger partial charge in [0, 0.05) is 64.3 Å². The van der Waals surface area contributed by atoms with Gasteiger partial charge in [-0.25, -0.2) is 0 Å². The Kier molecular flexibility index (Phi) is 7.94. The van der Waals surface area contributed by atoms with Gasteiger partial charge in [-0.1, -0.05) is 38.8 Å². The Morgan fingerprint density at radius 3 is 2.20 bits per heavy atom. The predicted octanol–water partition coefficient (Wildman–Crippen LogP) is 6.58. The number of piperazine rings is 1. The lowest BCUT2D eigenvalue weighted by atomic mass is 9.47. The molecule has 4 heterocycles. The van der Waals surface area contributed by atoms with Crippen LogP contribution < -0.4 is 14.7 Å². The molecule has 0 radical (unpaired) electrons. The number of Topliss-reactive ketones (excluding diaryl/α,β-unsaturated/α-hetero) is 1. The summed E-state index contributed by atoms with van der Waals surface area (Å²) < 4.78 is 0. The molecule has 7 heteroatoms. The normalized spacial score (nSPS) is 38.6. The second kappa shape index (κ2) is 11.8. The molecule has 3 aliphatic heterocycles. The first-order valence-electron chi connectivity index (χ1n) is 18.9. The van der Waals surface area contributed by atoms with Crippen molar-refractivity contribution in [3.8, 4) is 0 Å². The molecule has 7 aliphatic rings. The number of fused-ring (bicyclic) bond motifs is 5. The Hall–Kier alpha value is -2.15. The van der Waals surface area contributed by atoms with Crippen molar-refractivity contribution in [2.75, 3.05) is 73.6 Å². The van der Waals surface area contributed by atoms with E-state index in [2.05, 4.69) is 52.5 Å². The van der Waals surface area contributed by atoms with Crippen LogP contribution in [0.25, 0.3) is 0 Å². The van der Waals surface area contributed by atoms with Gasteiger partial charge in [0.25, 0.3) is 0 Å². The van der Waals surface area contributed by atoms with Gasteiger partial charge in [-0.3, -0.25) is 9.69 Å². The van der Waals surface area contributed by atoms with E-state index in [1.54, 1.807) is 5.57 Å². The summed E-state index contributed by atoms with van der Waals surface area (Å²) in [6.07, 6.45) is 18.3. The Morgan fingerprint density at radius 2 is 1.49 bits per heavy atom. The molecule has 8 rings (SSSR count). The molecule has 1 unspecified atom stereocenters. The highest BCUT2D eigenvalue weighted by Crippen LogP contribution is 2.67. The summed E-state index contributed by atoms with van der Waals surface area (Å²) in [5, 5.41) is 0. The molecule has 3 saturated carbocycles. The average Bonchev–Trinajstić information content (AvgIpc) is 3.82. The van der Waals surface area contributed by atoms with Gasteiger partial charge in [0.1, 0.15) is 11.6 Å². The standard InChI is InChI=1S/C38H58N6O/c1-27-24-31-29-12-11-28-10-4-5-14-37(28,2)30(29)13-15-38(31,3)35(27)32(45)26-41-20-22-43(23-21-41)34-25-33(42-16-6-7-17-42)39-36(40-34)44-18-8-9-19-44/h11,25,27,29-31,35H,4-10,12-24,26H2,1-3H3/t27?,29-,30+,31+,35-,37+,38+/m1/s1. The maximum absolute atomic E-state index is 14.3. The molecule has 0 N–H and O–H groups in total. The molecule has 4 aliphatic carbocycles. The summed E-state index contributed by atoms with van der Waals surface area (Å²) in [6, 6.07) is 2.24. The number of ketones is 1. The molecule has 0 spiro atoms. The van der Waals surface area contributed by atoms with Gasteiger partial charge in [-0.15, -0.1) is 0 Å². The summed E-state index contributed by atoms with van der Waals surface area (Å²) in [7, 11) is 0. The number of nitrogens with zero attached hydrogens (tertiary/aromatic N) is 6. The molecule has 7 atom stereocenters. The smallest absolute Gasteiger partial charge is 0.229 e. The van der Waals surface area contributed by atoms with Gasteiger partial charge >= 0.3 is 0 Å². The molecule has 0 amide bonds. The fraction of sp³-hybridized carbons (Fsp3) is 0.816. The summed E-state index contributed by atoms with van der Waals surface area (Å²) in [5.74, 6) is 6.68. The molecule has 3 saturated heterocycles. The second-order valence-electron chi connectivity index (χ2n) is 16.7. The Labute approximate surface area is 272 Å². The highest BCUT2D eigenvalue weighted by molar-refractivity contribution is 5.84. The molecule has 1 aromatic heterocycles. The lowest BCUT2D eigenvalue weighted by molar-refractivity contribution is -0.132. The minimum absolute atomic E-state index is 0.175. The van der Waals surface area contributed by atoms with E-state index in [0.29, 0.717) is 29.6 Å². The van der Waals surface area contributed by atoms with Crippen molar-refractivity contribution in [3.05, 3.63) is 17.7 Å². The lowest BCUT2D eigenvalue weighted by Gasteiger charge is -2.57. The van der Waals surface area contributed by atoms with Gasteiger partial charge < -0.3 is 14.7 Å². The van der Waals surface area contributed by atoms with Crippen molar-refractivity contribution in [1.82, 2.24) is 14.9 Å². The molecule has 246 valence electrons. The number of allylic oxidation sites excluding steroid dienone is 2. The quantitative estimate of drug-likeness (QED) is 0.336. The fourth-order valence-electron chi connectivity index (χ4n) is 11.9. The van der Waals surface area contributed by atoms with Crippen LogP contribution in [0.4, 0.5) is 17.6 Å². The topological polar surface area (TPSA) is 55.8 Å². The Balaban J connectivity index is 0.931. The van der Waals surface area contributed by atoms with E-state index in [4.69, 9.17) is 9.97 Å². The van der Waals surface area contributed by atoms with E-state index in [1.165, 1.54) is 77.0 Å².